The molecular weight excluding hydrogens is 234 g/mol. The molecule has 6 nitrogen and oxygen atoms in total. The van der Waals surface area contributed by atoms with Gasteiger partial charge in [-0.15, -0.1) is 5.10 Å². The van der Waals surface area contributed by atoms with Gasteiger partial charge in [-0.2, -0.15) is 4.68 Å². The molecule has 1 aromatic heterocycles. The molecule has 0 aliphatic heterocycles. The molecule has 6 heteroatoms. The van der Waals surface area contributed by atoms with Gasteiger partial charge in [0.15, 0.2) is 11.6 Å². The Morgan fingerprint density at radius 3 is 2.78 bits per heavy atom. The third-order valence-corrected chi connectivity index (χ3v) is 2.50. The molecule has 0 spiro atoms. The summed E-state index contributed by atoms with van der Waals surface area (Å²) in [6.07, 6.45) is 0. The van der Waals surface area contributed by atoms with E-state index in [0.29, 0.717) is 11.4 Å². The maximum atomic E-state index is 11.8. The second kappa shape index (κ2) is 4.40. The summed E-state index contributed by atoms with van der Waals surface area (Å²) < 4.78 is 6.27. The van der Waals surface area contributed by atoms with E-state index in [1.54, 1.807) is 12.1 Å². The van der Waals surface area contributed by atoms with Crippen molar-refractivity contribution in [3.63, 3.8) is 0 Å². The van der Waals surface area contributed by atoms with Crippen molar-refractivity contribution in [2.24, 2.45) is 0 Å². The molecule has 1 aromatic carbocycles. The molecule has 0 atom stereocenters. The molecule has 0 unspecified atom stereocenters. The van der Waals surface area contributed by atoms with E-state index in [2.05, 4.69) is 5.10 Å². The number of anilines is 1. The van der Waals surface area contributed by atoms with Crippen LogP contribution in [0, 0.1) is 6.92 Å². The van der Waals surface area contributed by atoms with Crippen LogP contribution < -0.4 is 16.0 Å². The first-order valence-electron chi connectivity index (χ1n) is 5.26. The number of nitrogens with two attached hydrogens (primary N) is 1. The molecule has 0 amide bonds. The van der Waals surface area contributed by atoms with Crippen LogP contribution in [0.5, 0.6) is 11.5 Å². The van der Waals surface area contributed by atoms with Crippen LogP contribution in [0.3, 0.4) is 0 Å². The van der Waals surface area contributed by atoms with Crippen LogP contribution >= 0.6 is 0 Å². The normalized spacial score (nSPS) is 10.3. The van der Waals surface area contributed by atoms with Crippen molar-refractivity contribution in [2.75, 3.05) is 12.8 Å². The molecule has 0 fully saturated rings. The number of aryl methyl sites for hydroxylation is 1. The molecule has 2 aromatic rings. The lowest BCUT2D eigenvalue weighted by molar-refractivity contribution is 0.410. The van der Waals surface area contributed by atoms with E-state index in [9.17, 15) is 9.90 Å². The number of rotatable bonds is 2. The summed E-state index contributed by atoms with van der Waals surface area (Å²) in [6.45, 7) is 1.89. The highest BCUT2D eigenvalue weighted by Crippen LogP contribution is 2.23. The van der Waals surface area contributed by atoms with Crippen molar-refractivity contribution in [2.45, 2.75) is 6.92 Å². The predicted molar refractivity (Wildman–Crippen MR) is 67.2 cm³/mol. The molecule has 0 aliphatic rings. The van der Waals surface area contributed by atoms with E-state index >= 15 is 0 Å². The lowest BCUT2D eigenvalue weighted by Gasteiger charge is -2.11. The highest BCUT2D eigenvalue weighted by atomic mass is 16.5. The Balaban J connectivity index is 2.72. The average Bonchev–Trinajstić information content (AvgIpc) is 2.34. The van der Waals surface area contributed by atoms with Gasteiger partial charge in [0.05, 0.1) is 13.2 Å². The van der Waals surface area contributed by atoms with Crippen LogP contribution in [0.4, 0.5) is 5.82 Å². The summed E-state index contributed by atoms with van der Waals surface area (Å²) in [4.78, 5) is 11.8. The zero-order valence-electron chi connectivity index (χ0n) is 10.0. The Bertz CT molecular complexity index is 650. The number of methoxy groups -OCH3 is 1. The zero-order valence-corrected chi connectivity index (χ0v) is 10.0. The fourth-order valence-corrected chi connectivity index (χ4v) is 1.60. The van der Waals surface area contributed by atoms with Gasteiger partial charge in [0.2, 0.25) is 0 Å². The van der Waals surface area contributed by atoms with Gasteiger partial charge in [0.25, 0.3) is 5.56 Å². The van der Waals surface area contributed by atoms with Crippen molar-refractivity contribution in [3.8, 4) is 17.2 Å². The van der Waals surface area contributed by atoms with Gasteiger partial charge >= 0.3 is 0 Å². The SMILES string of the molecule is COc1ccc(C)cc1-n1nc(N)c(O)cc1=O. The molecule has 0 radical (unpaired) electrons. The summed E-state index contributed by atoms with van der Waals surface area (Å²) in [7, 11) is 1.50. The zero-order chi connectivity index (χ0) is 13.3. The molecule has 0 saturated carbocycles. The summed E-state index contributed by atoms with van der Waals surface area (Å²) in [5.41, 5.74) is 6.44. The third kappa shape index (κ3) is 2.00. The van der Waals surface area contributed by atoms with Crippen LogP contribution in [0.25, 0.3) is 5.69 Å². The highest BCUT2D eigenvalue weighted by Gasteiger charge is 2.11. The van der Waals surface area contributed by atoms with Crippen LogP contribution in [-0.2, 0) is 0 Å². The highest BCUT2D eigenvalue weighted by molar-refractivity contribution is 5.50. The first kappa shape index (κ1) is 12.0. The van der Waals surface area contributed by atoms with Crippen molar-refractivity contribution >= 4 is 5.82 Å². The number of ether oxygens (including phenoxy) is 1. The molecule has 3 N–H and O–H groups in total. The van der Waals surface area contributed by atoms with Gasteiger partial charge in [-0.25, -0.2) is 0 Å². The average molecular weight is 247 g/mol. The quantitative estimate of drug-likeness (QED) is 0.820. The van der Waals surface area contributed by atoms with Crippen LogP contribution in [-0.4, -0.2) is 22.0 Å². The maximum absolute atomic E-state index is 11.8. The van der Waals surface area contributed by atoms with E-state index < -0.39 is 5.56 Å². The van der Waals surface area contributed by atoms with Crippen molar-refractivity contribution < 1.29 is 9.84 Å². The number of aromatic nitrogens is 2. The van der Waals surface area contributed by atoms with Crippen LogP contribution in [0.2, 0.25) is 0 Å². The second-order valence-corrected chi connectivity index (χ2v) is 3.84. The van der Waals surface area contributed by atoms with E-state index in [-0.39, 0.29) is 11.6 Å². The smallest absolute Gasteiger partial charge is 0.275 e. The van der Waals surface area contributed by atoms with E-state index in [1.807, 2.05) is 13.0 Å². The fraction of sp³-hybridized carbons (Fsp3) is 0.167. The number of hydrogen-bond donors (Lipinski definition) is 2. The minimum absolute atomic E-state index is 0.113. The molecule has 0 bridgehead atoms. The largest absolute Gasteiger partial charge is 0.504 e. The minimum atomic E-state index is -0.481. The number of nitrogen functional groups attached to an aromatic ring is 1. The Hall–Kier alpha value is -2.50. The minimum Gasteiger partial charge on any atom is -0.504 e. The Labute approximate surface area is 103 Å². The number of aromatic hydroxyl groups is 1. The first-order chi connectivity index (χ1) is 8.52. The van der Waals surface area contributed by atoms with Crippen LogP contribution in [0.1, 0.15) is 5.56 Å². The Morgan fingerprint density at radius 2 is 2.11 bits per heavy atom. The molecule has 1 heterocycles. The van der Waals surface area contributed by atoms with Gasteiger partial charge in [-0.3, -0.25) is 4.79 Å². The fourth-order valence-electron chi connectivity index (χ4n) is 1.60. The van der Waals surface area contributed by atoms with E-state index in [0.717, 1.165) is 16.3 Å². The molecule has 18 heavy (non-hydrogen) atoms. The lowest BCUT2D eigenvalue weighted by atomic mass is 10.2. The van der Waals surface area contributed by atoms with Gasteiger partial charge < -0.3 is 15.6 Å². The maximum Gasteiger partial charge on any atom is 0.275 e. The molecular formula is C12H13N3O3. The molecule has 0 saturated heterocycles. The molecule has 0 aliphatic carbocycles. The lowest BCUT2D eigenvalue weighted by Crippen LogP contribution is -2.21. The number of benzene rings is 1. The van der Waals surface area contributed by atoms with Gasteiger partial charge in [-0.1, -0.05) is 6.07 Å². The van der Waals surface area contributed by atoms with Crippen molar-refractivity contribution in [1.29, 1.82) is 0 Å². The topological polar surface area (TPSA) is 90.4 Å². The summed E-state index contributed by atoms with van der Waals surface area (Å²) in [5, 5.41) is 13.2. The number of hydrogen-bond acceptors (Lipinski definition) is 5. The summed E-state index contributed by atoms with van der Waals surface area (Å²) in [5.74, 6) is 0.0568. The third-order valence-electron chi connectivity index (χ3n) is 2.50. The van der Waals surface area contributed by atoms with Crippen molar-refractivity contribution in [3.05, 3.63) is 40.2 Å². The summed E-state index contributed by atoms with van der Waals surface area (Å²) >= 11 is 0. The van der Waals surface area contributed by atoms with Gasteiger partial charge in [-0.05, 0) is 24.6 Å². The van der Waals surface area contributed by atoms with E-state index in [4.69, 9.17) is 10.5 Å². The van der Waals surface area contributed by atoms with E-state index in [1.165, 1.54) is 7.11 Å². The Morgan fingerprint density at radius 1 is 1.39 bits per heavy atom. The van der Waals surface area contributed by atoms with Crippen LogP contribution in [0.15, 0.2) is 29.1 Å². The standard InChI is InChI=1S/C12H13N3O3/c1-7-3-4-10(18-2)8(5-7)15-11(17)6-9(16)12(13)14-15/h3-6,16H,1-2H3,(H2,13,14). The Kier molecular flexibility index (Phi) is 2.93. The summed E-state index contributed by atoms with van der Waals surface area (Å²) in [6, 6.07) is 6.37. The monoisotopic (exact) mass is 247 g/mol. The molecule has 2 rings (SSSR count). The van der Waals surface area contributed by atoms with Crippen molar-refractivity contribution in [1.82, 2.24) is 9.78 Å². The first-order valence-corrected chi connectivity index (χ1v) is 5.26. The molecule has 94 valence electrons. The van der Waals surface area contributed by atoms with Gasteiger partial charge in [0, 0.05) is 0 Å². The predicted octanol–water partition coefficient (Wildman–Crippen LogP) is 0.837. The number of nitrogens with zero attached hydrogens (tertiary/aromatic N) is 2. The second-order valence-electron chi connectivity index (χ2n) is 3.84. The van der Waals surface area contributed by atoms with Gasteiger partial charge in [0.1, 0.15) is 11.4 Å².